The highest BCUT2D eigenvalue weighted by atomic mass is 16.3. The molecule has 0 radical (unpaired) electrons. The fourth-order valence-electron chi connectivity index (χ4n) is 2.47. The van der Waals surface area contributed by atoms with E-state index in [-0.39, 0.29) is 0 Å². The van der Waals surface area contributed by atoms with Gasteiger partial charge < -0.3 is 15.1 Å². The Balaban J connectivity index is 2.04. The molecule has 2 N–H and O–H groups in total. The Morgan fingerprint density at radius 2 is 2.00 bits per heavy atom. The highest BCUT2D eigenvalue weighted by Gasteiger charge is 2.15. The minimum atomic E-state index is 0.545. The van der Waals surface area contributed by atoms with Crippen molar-refractivity contribution in [3.05, 3.63) is 36.1 Å². The maximum Gasteiger partial charge on any atom is 0.134 e. The molecule has 0 bridgehead atoms. The van der Waals surface area contributed by atoms with Crippen LogP contribution in [0.25, 0.3) is 11.0 Å². The maximum atomic E-state index is 5.84. The molecule has 0 aliphatic heterocycles. The van der Waals surface area contributed by atoms with Gasteiger partial charge in [0.05, 0.1) is 6.26 Å². The fourth-order valence-corrected chi connectivity index (χ4v) is 2.47. The molecule has 0 spiro atoms. The molecule has 19 heavy (non-hydrogen) atoms. The van der Waals surface area contributed by atoms with Gasteiger partial charge in [-0.15, -0.1) is 0 Å². The largest absolute Gasteiger partial charge is 0.464 e. The Morgan fingerprint density at radius 1 is 1.26 bits per heavy atom. The van der Waals surface area contributed by atoms with Gasteiger partial charge in [-0.05, 0) is 31.5 Å². The van der Waals surface area contributed by atoms with Crippen molar-refractivity contribution in [2.75, 3.05) is 20.1 Å². The lowest BCUT2D eigenvalue weighted by Gasteiger charge is -2.25. The molecule has 1 atom stereocenters. The summed E-state index contributed by atoms with van der Waals surface area (Å²) < 4.78 is 5.58. The van der Waals surface area contributed by atoms with Crippen LogP contribution in [-0.4, -0.2) is 25.0 Å². The molecule has 2 aromatic rings. The number of rotatable bonds is 6. The maximum absolute atomic E-state index is 5.84. The van der Waals surface area contributed by atoms with Crippen LogP contribution in [0.2, 0.25) is 0 Å². The highest BCUT2D eigenvalue weighted by molar-refractivity contribution is 5.80. The van der Waals surface area contributed by atoms with Gasteiger partial charge in [0, 0.05) is 24.0 Å². The van der Waals surface area contributed by atoms with Gasteiger partial charge in [0.2, 0.25) is 0 Å². The second-order valence-electron chi connectivity index (χ2n) is 5.69. The van der Waals surface area contributed by atoms with E-state index in [1.165, 1.54) is 10.9 Å². The molecule has 0 fully saturated rings. The van der Waals surface area contributed by atoms with Gasteiger partial charge in [0.1, 0.15) is 5.58 Å². The molecule has 3 heteroatoms. The monoisotopic (exact) mass is 260 g/mol. The number of nitrogens with two attached hydrogens (primary N) is 1. The average Bonchev–Trinajstić information content (AvgIpc) is 2.79. The van der Waals surface area contributed by atoms with E-state index in [1.807, 2.05) is 18.4 Å². The van der Waals surface area contributed by atoms with E-state index >= 15 is 0 Å². The summed E-state index contributed by atoms with van der Waals surface area (Å²) in [5.41, 5.74) is 8.05. The zero-order chi connectivity index (χ0) is 13.8. The molecule has 104 valence electrons. The van der Waals surface area contributed by atoms with Gasteiger partial charge in [-0.3, -0.25) is 0 Å². The van der Waals surface area contributed by atoms with E-state index in [4.69, 9.17) is 10.2 Å². The lowest BCUT2D eigenvalue weighted by Crippen LogP contribution is -2.32. The predicted octanol–water partition coefficient (Wildman–Crippen LogP) is 3.10. The van der Waals surface area contributed by atoms with Gasteiger partial charge >= 0.3 is 0 Å². The van der Waals surface area contributed by atoms with Crippen molar-refractivity contribution in [3.8, 4) is 0 Å². The molecule has 1 unspecified atom stereocenters. The first kappa shape index (κ1) is 14.1. The lowest BCUT2D eigenvalue weighted by molar-refractivity contribution is 0.234. The second-order valence-corrected chi connectivity index (χ2v) is 5.69. The van der Waals surface area contributed by atoms with Gasteiger partial charge in [0.15, 0.2) is 0 Å². The normalized spacial score (nSPS) is 13.6. The van der Waals surface area contributed by atoms with Crippen LogP contribution in [0.15, 0.2) is 34.9 Å². The van der Waals surface area contributed by atoms with E-state index in [1.54, 1.807) is 0 Å². The lowest BCUT2D eigenvalue weighted by atomic mass is 9.95. The standard InChI is InChI=1S/C16H24N2O/c1-12(2)13(8-17)9-18(3)10-14-11-19-16-7-5-4-6-15(14)16/h4-7,11-13H,8-10,17H2,1-3H3. The summed E-state index contributed by atoms with van der Waals surface area (Å²) in [5, 5.41) is 1.21. The Morgan fingerprint density at radius 3 is 2.68 bits per heavy atom. The first-order chi connectivity index (χ1) is 9.11. The highest BCUT2D eigenvalue weighted by Crippen LogP contribution is 2.22. The minimum Gasteiger partial charge on any atom is -0.464 e. The number of hydrogen-bond acceptors (Lipinski definition) is 3. The number of furan rings is 1. The number of benzene rings is 1. The smallest absolute Gasteiger partial charge is 0.134 e. The van der Waals surface area contributed by atoms with Crippen molar-refractivity contribution in [1.82, 2.24) is 4.90 Å². The van der Waals surface area contributed by atoms with Crippen LogP contribution >= 0.6 is 0 Å². The number of hydrogen-bond donors (Lipinski definition) is 1. The van der Waals surface area contributed by atoms with E-state index in [0.717, 1.165) is 25.2 Å². The summed E-state index contributed by atoms with van der Waals surface area (Å²) >= 11 is 0. The van der Waals surface area contributed by atoms with Crippen LogP contribution in [0.4, 0.5) is 0 Å². The van der Waals surface area contributed by atoms with Crippen molar-refractivity contribution in [2.24, 2.45) is 17.6 Å². The Bertz CT molecular complexity index is 518. The Labute approximate surface area is 115 Å². The van der Waals surface area contributed by atoms with Gasteiger partial charge in [-0.1, -0.05) is 32.0 Å². The molecule has 1 aromatic heterocycles. The molecule has 3 nitrogen and oxygen atoms in total. The first-order valence-corrected chi connectivity index (χ1v) is 6.95. The molecule has 0 saturated heterocycles. The minimum absolute atomic E-state index is 0.545. The van der Waals surface area contributed by atoms with E-state index in [9.17, 15) is 0 Å². The third kappa shape index (κ3) is 3.37. The third-order valence-corrected chi connectivity index (χ3v) is 3.79. The molecule has 0 aliphatic carbocycles. The van der Waals surface area contributed by atoms with Crippen molar-refractivity contribution in [2.45, 2.75) is 20.4 Å². The van der Waals surface area contributed by atoms with E-state index in [2.05, 4.69) is 37.9 Å². The average molecular weight is 260 g/mol. The van der Waals surface area contributed by atoms with Crippen molar-refractivity contribution in [1.29, 1.82) is 0 Å². The van der Waals surface area contributed by atoms with Crippen molar-refractivity contribution in [3.63, 3.8) is 0 Å². The summed E-state index contributed by atoms with van der Waals surface area (Å²) in [5.74, 6) is 1.16. The van der Waals surface area contributed by atoms with Crippen LogP contribution < -0.4 is 5.73 Å². The predicted molar refractivity (Wildman–Crippen MR) is 79.9 cm³/mol. The third-order valence-electron chi connectivity index (χ3n) is 3.79. The van der Waals surface area contributed by atoms with E-state index in [0.29, 0.717) is 11.8 Å². The van der Waals surface area contributed by atoms with Gasteiger partial charge in [-0.2, -0.15) is 0 Å². The topological polar surface area (TPSA) is 42.4 Å². The number of fused-ring (bicyclic) bond motifs is 1. The molecule has 1 aromatic carbocycles. The molecule has 1 heterocycles. The van der Waals surface area contributed by atoms with Crippen LogP contribution in [-0.2, 0) is 6.54 Å². The Hall–Kier alpha value is -1.32. The molecule has 0 aliphatic rings. The SMILES string of the molecule is CC(C)C(CN)CN(C)Cc1coc2ccccc12. The first-order valence-electron chi connectivity index (χ1n) is 6.95. The summed E-state index contributed by atoms with van der Waals surface area (Å²) in [7, 11) is 2.15. The van der Waals surface area contributed by atoms with Crippen LogP contribution in [0.3, 0.4) is 0 Å². The number of para-hydroxylation sites is 1. The molecule has 0 saturated carbocycles. The summed E-state index contributed by atoms with van der Waals surface area (Å²) in [4.78, 5) is 2.33. The van der Waals surface area contributed by atoms with Crippen molar-refractivity contribution >= 4 is 11.0 Å². The molecule has 2 rings (SSSR count). The molecule has 0 amide bonds. The molecular weight excluding hydrogens is 236 g/mol. The van der Waals surface area contributed by atoms with Gasteiger partial charge in [-0.25, -0.2) is 0 Å². The van der Waals surface area contributed by atoms with E-state index < -0.39 is 0 Å². The van der Waals surface area contributed by atoms with Crippen LogP contribution in [0.1, 0.15) is 19.4 Å². The fraction of sp³-hybridized carbons (Fsp3) is 0.500. The summed E-state index contributed by atoms with van der Waals surface area (Å²) in [6, 6.07) is 8.18. The summed E-state index contributed by atoms with van der Waals surface area (Å²) in [6.07, 6.45) is 1.87. The quantitative estimate of drug-likeness (QED) is 0.868. The zero-order valence-electron chi connectivity index (χ0n) is 12.1. The zero-order valence-corrected chi connectivity index (χ0v) is 12.1. The number of nitrogens with zero attached hydrogens (tertiary/aromatic N) is 1. The molecular formula is C16H24N2O. The second kappa shape index (κ2) is 6.22. The summed E-state index contributed by atoms with van der Waals surface area (Å²) in [6.45, 7) is 7.14. The Kier molecular flexibility index (Phi) is 4.61. The van der Waals surface area contributed by atoms with Gasteiger partial charge in [0.25, 0.3) is 0 Å². The van der Waals surface area contributed by atoms with Crippen LogP contribution in [0.5, 0.6) is 0 Å². The van der Waals surface area contributed by atoms with Crippen molar-refractivity contribution < 1.29 is 4.42 Å². The van der Waals surface area contributed by atoms with Crippen LogP contribution in [0, 0.1) is 11.8 Å².